The molecule has 0 aliphatic heterocycles. The second-order valence-corrected chi connectivity index (χ2v) is 6.68. The first-order valence-corrected chi connectivity index (χ1v) is 9.59. The van der Waals surface area contributed by atoms with E-state index in [2.05, 4.69) is 30.3 Å². The molecule has 0 amide bonds. The number of hydrogen-bond acceptors (Lipinski definition) is 3. The maximum atomic E-state index is 9.64. The molecule has 0 saturated carbocycles. The first-order valence-electron chi connectivity index (χ1n) is 9.59. The maximum absolute atomic E-state index is 9.64. The van der Waals surface area contributed by atoms with E-state index in [0.717, 1.165) is 30.6 Å². The fraction of sp³-hybridized carbons (Fsp3) is 0.167. The van der Waals surface area contributed by atoms with E-state index in [1.807, 2.05) is 48.5 Å². The largest absolute Gasteiger partial charge is 0.493 e. The van der Waals surface area contributed by atoms with Crippen molar-refractivity contribution in [3.63, 3.8) is 0 Å². The predicted molar refractivity (Wildman–Crippen MR) is 116 cm³/mol. The third kappa shape index (κ3) is 6.12. The minimum Gasteiger partial charge on any atom is -0.493 e. The van der Waals surface area contributed by atoms with Gasteiger partial charge in [0.15, 0.2) is 0 Å². The van der Waals surface area contributed by atoms with E-state index in [9.17, 15) is 10.0 Å². The van der Waals surface area contributed by atoms with Crippen LogP contribution in [0.25, 0.3) is 6.08 Å². The van der Waals surface area contributed by atoms with Gasteiger partial charge in [0, 0.05) is 6.42 Å². The molecule has 0 fully saturated rings. The molecule has 0 aliphatic rings. The summed E-state index contributed by atoms with van der Waals surface area (Å²) in [5.41, 5.74) is 3.75. The smallest absolute Gasteiger partial charge is 0.489 e. The van der Waals surface area contributed by atoms with Gasteiger partial charge in [-0.1, -0.05) is 78.9 Å². The van der Waals surface area contributed by atoms with Gasteiger partial charge in [0.25, 0.3) is 0 Å². The monoisotopic (exact) mass is 372 g/mol. The minimum atomic E-state index is -1.51. The van der Waals surface area contributed by atoms with Gasteiger partial charge >= 0.3 is 7.12 Å². The van der Waals surface area contributed by atoms with E-state index in [0.29, 0.717) is 12.1 Å². The Balaban J connectivity index is 1.61. The van der Waals surface area contributed by atoms with Crippen LogP contribution in [0.15, 0.2) is 84.9 Å². The van der Waals surface area contributed by atoms with Crippen LogP contribution in [0.1, 0.15) is 23.1 Å². The van der Waals surface area contributed by atoms with E-state index < -0.39 is 7.12 Å². The molecule has 3 nitrogen and oxygen atoms in total. The molecule has 0 atom stereocenters. The van der Waals surface area contributed by atoms with E-state index >= 15 is 0 Å². The van der Waals surface area contributed by atoms with E-state index in [4.69, 9.17) is 4.74 Å². The quantitative estimate of drug-likeness (QED) is 0.564. The molecule has 28 heavy (non-hydrogen) atoms. The first-order chi connectivity index (χ1) is 13.7. The summed E-state index contributed by atoms with van der Waals surface area (Å²) in [5, 5.41) is 19.3. The zero-order chi connectivity index (χ0) is 19.6. The van der Waals surface area contributed by atoms with Crippen LogP contribution in [0, 0.1) is 0 Å². The van der Waals surface area contributed by atoms with Crippen molar-refractivity contribution in [2.24, 2.45) is 0 Å². The summed E-state index contributed by atoms with van der Waals surface area (Å²) < 4.78 is 5.86. The highest BCUT2D eigenvalue weighted by atomic mass is 16.5. The van der Waals surface area contributed by atoms with Crippen LogP contribution in [0.2, 0.25) is 0 Å². The Kier molecular flexibility index (Phi) is 7.48. The summed E-state index contributed by atoms with van der Waals surface area (Å²) in [5.74, 6) is 0.725. The standard InChI is InChI=1S/C24H25BO3/c26-25(27)24-16-15-23(28-18-17-21-11-5-2-6-12-21)19-22(24)14-8-7-13-20-9-3-1-4-10-20/h1-6,8-12,14-16,19,26-27H,7,13,17-18H2. The van der Waals surface area contributed by atoms with Gasteiger partial charge in [0.05, 0.1) is 6.61 Å². The molecule has 0 radical (unpaired) electrons. The molecule has 0 aromatic heterocycles. The highest BCUT2D eigenvalue weighted by molar-refractivity contribution is 6.59. The number of hydrogen-bond donors (Lipinski definition) is 2. The van der Waals surface area contributed by atoms with Crippen LogP contribution in [0.4, 0.5) is 0 Å². The third-order valence-electron chi connectivity index (χ3n) is 4.58. The van der Waals surface area contributed by atoms with Gasteiger partial charge in [-0.05, 0) is 47.1 Å². The molecule has 0 aliphatic carbocycles. The van der Waals surface area contributed by atoms with Crippen molar-refractivity contribution < 1.29 is 14.8 Å². The molecule has 3 aromatic rings. The summed E-state index contributed by atoms with van der Waals surface area (Å²) in [7, 11) is -1.51. The summed E-state index contributed by atoms with van der Waals surface area (Å²) >= 11 is 0. The minimum absolute atomic E-state index is 0.478. The van der Waals surface area contributed by atoms with Crippen LogP contribution in [-0.4, -0.2) is 23.8 Å². The van der Waals surface area contributed by atoms with Crippen molar-refractivity contribution in [2.45, 2.75) is 19.3 Å². The summed E-state index contributed by atoms with van der Waals surface area (Å²) in [4.78, 5) is 0. The van der Waals surface area contributed by atoms with Crippen molar-refractivity contribution in [2.75, 3.05) is 6.61 Å². The van der Waals surface area contributed by atoms with Crippen LogP contribution in [0.5, 0.6) is 5.75 Å². The summed E-state index contributed by atoms with van der Waals surface area (Å²) in [6, 6.07) is 25.8. The summed E-state index contributed by atoms with van der Waals surface area (Å²) in [6.07, 6.45) is 6.64. The lowest BCUT2D eigenvalue weighted by Gasteiger charge is -2.10. The van der Waals surface area contributed by atoms with Gasteiger partial charge in [-0.2, -0.15) is 0 Å². The van der Waals surface area contributed by atoms with Crippen molar-refractivity contribution in [3.05, 3.63) is 102 Å². The average Bonchev–Trinajstić information content (AvgIpc) is 2.73. The lowest BCUT2D eigenvalue weighted by Crippen LogP contribution is -2.32. The molecule has 0 spiro atoms. The maximum Gasteiger partial charge on any atom is 0.489 e. The SMILES string of the molecule is OB(O)c1ccc(OCCc2ccccc2)cc1C=CCCc1ccccc1. The molecule has 0 unspecified atom stereocenters. The number of rotatable bonds is 9. The van der Waals surface area contributed by atoms with Crippen molar-refractivity contribution in [3.8, 4) is 5.75 Å². The van der Waals surface area contributed by atoms with E-state index in [-0.39, 0.29) is 0 Å². The van der Waals surface area contributed by atoms with Crippen LogP contribution >= 0.6 is 0 Å². The molecule has 0 saturated heterocycles. The van der Waals surface area contributed by atoms with Crippen molar-refractivity contribution in [1.29, 1.82) is 0 Å². The molecule has 0 bridgehead atoms. The molecular formula is C24H25BO3. The van der Waals surface area contributed by atoms with E-state index in [1.165, 1.54) is 11.1 Å². The highest BCUT2D eigenvalue weighted by Gasteiger charge is 2.15. The van der Waals surface area contributed by atoms with Gasteiger partial charge in [0.2, 0.25) is 0 Å². The van der Waals surface area contributed by atoms with Gasteiger partial charge in [0.1, 0.15) is 5.75 Å². The Hall–Kier alpha value is -2.82. The Labute approximate surface area is 167 Å². The van der Waals surface area contributed by atoms with E-state index in [1.54, 1.807) is 12.1 Å². The molecule has 3 rings (SSSR count). The third-order valence-corrected chi connectivity index (χ3v) is 4.58. The van der Waals surface area contributed by atoms with Crippen molar-refractivity contribution in [1.82, 2.24) is 0 Å². The lowest BCUT2D eigenvalue weighted by molar-refractivity contribution is 0.322. The Bertz CT molecular complexity index is 877. The normalized spacial score (nSPS) is 10.9. The molecular weight excluding hydrogens is 347 g/mol. The first kappa shape index (κ1) is 19.9. The van der Waals surface area contributed by atoms with Gasteiger partial charge in [-0.3, -0.25) is 0 Å². The number of allylic oxidation sites excluding steroid dienone is 1. The zero-order valence-corrected chi connectivity index (χ0v) is 15.9. The molecule has 4 heteroatoms. The number of benzene rings is 3. The van der Waals surface area contributed by atoms with Gasteiger partial charge < -0.3 is 14.8 Å². The lowest BCUT2D eigenvalue weighted by atomic mass is 9.77. The fourth-order valence-electron chi connectivity index (χ4n) is 3.06. The number of ether oxygens (including phenoxy) is 1. The molecule has 0 heterocycles. The van der Waals surface area contributed by atoms with Gasteiger partial charge in [-0.15, -0.1) is 0 Å². The average molecular weight is 372 g/mol. The zero-order valence-electron chi connectivity index (χ0n) is 15.9. The molecule has 2 N–H and O–H groups in total. The second-order valence-electron chi connectivity index (χ2n) is 6.68. The second kappa shape index (κ2) is 10.5. The highest BCUT2D eigenvalue weighted by Crippen LogP contribution is 2.15. The number of aryl methyl sites for hydroxylation is 1. The van der Waals surface area contributed by atoms with Crippen LogP contribution in [-0.2, 0) is 12.8 Å². The molecule has 3 aromatic carbocycles. The Morgan fingerprint density at radius 2 is 1.43 bits per heavy atom. The fourth-order valence-corrected chi connectivity index (χ4v) is 3.06. The predicted octanol–water partition coefficient (Wildman–Crippen LogP) is 3.63. The topological polar surface area (TPSA) is 49.7 Å². The Morgan fingerprint density at radius 3 is 2.07 bits per heavy atom. The Morgan fingerprint density at radius 1 is 0.786 bits per heavy atom. The van der Waals surface area contributed by atoms with Gasteiger partial charge in [-0.25, -0.2) is 0 Å². The summed E-state index contributed by atoms with van der Waals surface area (Å²) in [6.45, 7) is 0.572. The van der Waals surface area contributed by atoms with Crippen molar-refractivity contribution >= 4 is 18.7 Å². The van der Waals surface area contributed by atoms with Crippen LogP contribution < -0.4 is 10.2 Å². The molecule has 142 valence electrons. The van der Waals surface area contributed by atoms with Crippen LogP contribution in [0.3, 0.4) is 0 Å².